The van der Waals surface area contributed by atoms with Crippen molar-refractivity contribution < 1.29 is 27.8 Å². The number of amides is 1. The van der Waals surface area contributed by atoms with Gasteiger partial charge in [-0.3, -0.25) is 4.79 Å². The zero-order valence-electron chi connectivity index (χ0n) is 13.1. The summed E-state index contributed by atoms with van der Waals surface area (Å²) in [6.07, 6.45) is -5.64. The SMILES string of the molecule is COc1ccc(C(C)C(=O)N2CCC(O)(C(F)(F)F)CC2)cc1. The van der Waals surface area contributed by atoms with Crippen molar-refractivity contribution in [3.63, 3.8) is 0 Å². The smallest absolute Gasteiger partial charge is 0.417 e. The lowest BCUT2D eigenvalue weighted by molar-refractivity contribution is -0.272. The van der Waals surface area contributed by atoms with Crippen LogP contribution in [0.1, 0.15) is 31.2 Å². The maximum Gasteiger partial charge on any atom is 0.417 e. The Morgan fingerprint density at radius 1 is 1.26 bits per heavy atom. The molecule has 1 unspecified atom stereocenters. The molecule has 1 fully saturated rings. The first-order chi connectivity index (χ1) is 10.7. The van der Waals surface area contributed by atoms with Gasteiger partial charge in [0.15, 0.2) is 5.60 Å². The predicted octanol–water partition coefficient (Wildman–Crippen LogP) is 2.71. The lowest BCUT2D eigenvalue weighted by atomic mass is 9.89. The molecule has 0 radical (unpaired) electrons. The van der Waals surface area contributed by atoms with Gasteiger partial charge < -0.3 is 14.7 Å². The summed E-state index contributed by atoms with van der Waals surface area (Å²) in [7, 11) is 1.54. The van der Waals surface area contributed by atoms with Gasteiger partial charge in [-0.1, -0.05) is 12.1 Å². The number of methoxy groups -OCH3 is 1. The van der Waals surface area contributed by atoms with E-state index < -0.39 is 30.5 Å². The van der Waals surface area contributed by atoms with Crippen LogP contribution in [0.25, 0.3) is 0 Å². The number of hydrogen-bond donors (Lipinski definition) is 1. The van der Waals surface area contributed by atoms with Gasteiger partial charge in [-0.25, -0.2) is 0 Å². The summed E-state index contributed by atoms with van der Waals surface area (Å²) in [5.74, 6) is -0.0287. The average Bonchev–Trinajstić information content (AvgIpc) is 2.53. The molecule has 1 N–H and O–H groups in total. The van der Waals surface area contributed by atoms with Gasteiger partial charge in [0.2, 0.25) is 5.91 Å². The Bertz CT molecular complexity index is 549. The van der Waals surface area contributed by atoms with Crippen LogP contribution in [-0.4, -0.2) is 47.9 Å². The summed E-state index contributed by atoms with van der Waals surface area (Å²) in [5, 5.41) is 9.64. The van der Waals surface area contributed by atoms with Gasteiger partial charge in [-0.2, -0.15) is 13.2 Å². The second kappa shape index (κ2) is 6.39. The number of benzene rings is 1. The van der Waals surface area contributed by atoms with Crippen LogP contribution in [0.2, 0.25) is 0 Å². The lowest BCUT2D eigenvalue weighted by Crippen LogP contribution is -2.54. The molecule has 128 valence electrons. The van der Waals surface area contributed by atoms with E-state index >= 15 is 0 Å². The first kappa shape index (κ1) is 17.6. The quantitative estimate of drug-likeness (QED) is 0.926. The number of carbonyl (C=O) groups is 1. The highest BCUT2D eigenvalue weighted by atomic mass is 19.4. The zero-order valence-corrected chi connectivity index (χ0v) is 13.1. The van der Waals surface area contributed by atoms with Crippen LogP contribution in [-0.2, 0) is 4.79 Å². The zero-order chi connectivity index (χ0) is 17.3. The summed E-state index contributed by atoms with van der Waals surface area (Å²) in [6.45, 7) is 1.51. The molecule has 23 heavy (non-hydrogen) atoms. The number of nitrogens with zero attached hydrogens (tertiary/aromatic N) is 1. The van der Waals surface area contributed by atoms with Crippen molar-refractivity contribution in [2.24, 2.45) is 0 Å². The fourth-order valence-electron chi connectivity index (χ4n) is 2.69. The van der Waals surface area contributed by atoms with Crippen molar-refractivity contribution in [3.05, 3.63) is 29.8 Å². The van der Waals surface area contributed by atoms with Crippen molar-refractivity contribution in [2.75, 3.05) is 20.2 Å². The second-order valence-electron chi connectivity index (χ2n) is 5.85. The van der Waals surface area contributed by atoms with Crippen molar-refractivity contribution in [1.29, 1.82) is 0 Å². The molecule has 1 aliphatic heterocycles. The second-order valence-corrected chi connectivity index (χ2v) is 5.85. The van der Waals surface area contributed by atoms with Gasteiger partial charge >= 0.3 is 6.18 Å². The topological polar surface area (TPSA) is 49.8 Å². The highest BCUT2D eigenvalue weighted by Crippen LogP contribution is 2.38. The van der Waals surface area contributed by atoms with Crippen LogP contribution >= 0.6 is 0 Å². The molecule has 2 rings (SSSR count). The highest BCUT2D eigenvalue weighted by Gasteiger charge is 2.55. The molecule has 4 nitrogen and oxygen atoms in total. The van der Waals surface area contributed by atoms with Crippen LogP contribution in [0, 0.1) is 0 Å². The largest absolute Gasteiger partial charge is 0.497 e. The fourth-order valence-corrected chi connectivity index (χ4v) is 2.69. The van der Waals surface area contributed by atoms with Crippen LogP contribution in [0.3, 0.4) is 0 Å². The van der Waals surface area contributed by atoms with Crippen LogP contribution in [0.15, 0.2) is 24.3 Å². The summed E-state index contributed by atoms with van der Waals surface area (Å²) in [6, 6.07) is 6.99. The molecule has 1 atom stereocenters. The first-order valence-corrected chi connectivity index (χ1v) is 7.40. The van der Waals surface area contributed by atoms with E-state index in [1.54, 1.807) is 38.3 Å². The van der Waals surface area contributed by atoms with E-state index in [-0.39, 0.29) is 19.0 Å². The number of carbonyl (C=O) groups excluding carboxylic acids is 1. The molecular weight excluding hydrogens is 311 g/mol. The number of alkyl halides is 3. The molecule has 0 aromatic heterocycles. The number of piperidine rings is 1. The minimum absolute atomic E-state index is 0.102. The third-order valence-corrected chi connectivity index (χ3v) is 4.42. The highest BCUT2D eigenvalue weighted by molar-refractivity contribution is 5.83. The Balaban J connectivity index is 2.01. The van der Waals surface area contributed by atoms with Crippen LogP contribution < -0.4 is 4.74 Å². The van der Waals surface area contributed by atoms with Crippen molar-refractivity contribution >= 4 is 5.91 Å². The number of aliphatic hydroxyl groups is 1. The number of likely N-dealkylation sites (tertiary alicyclic amines) is 1. The van der Waals surface area contributed by atoms with E-state index in [1.165, 1.54) is 4.90 Å². The van der Waals surface area contributed by atoms with Crippen molar-refractivity contribution in [3.8, 4) is 5.75 Å². The fraction of sp³-hybridized carbons (Fsp3) is 0.562. The minimum Gasteiger partial charge on any atom is -0.497 e. The van der Waals surface area contributed by atoms with E-state index in [4.69, 9.17) is 4.74 Å². The van der Waals surface area contributed by atoms with Crippen LogP contribution in [0.5, 0.6) is 5.75 Å². The maximum atomic E-state index is 12.8. The van der Waals surface area contributed by atoms with Crippen LogP contribution in [0.4, 0.5) is 13.2 Å². The molecule has 1 heterocycles. The number of halogens is 3. The molecule has 1 aromatic carbocycles. The van der Waals surface area contributed by atoms with Crippen molar-refractivity contribution in [2.45, 2.75) is 37.5 Å². The number of ether oxygens (including phenoxy) is 1. The molecule has 1 saturated heterocycles. The predicted molar refractivity (Wildman–Crippen MR) is 78.2 cm³/mol. The van der Waals surface area contributed by atoms with Gasteiger partial charge in [-0.05, 0) is 24.6 Å². The molecule has 0 spiro atoms. The summed E-state index contributed by atoms with van der Waals surface area (Å²) < 4.78 is 43.4. The summed E-state index contributed by atoms with van der Waals surface area (Å²) in [4.78, 5) is 13.8. The van der Waals surface area contributed by atoms with Gasteiger partial charge in [-0.15, -0.1) is 0 Å². The van der Waals surface area contributed by atoms with E-state index in [1.807, 2.05) is 0 Å². The monoisotopic (exact) mass is 331 g/mol. The molecule has 0 aliphatic carbocycles. The van der Waals surface area contributed by atoms with Gasteiger partial charge in [0.1, 0.15) is 5.75 Å². The molecular formula is C16H20F3NO3. The number of hydrogen-bond acceptors (Lipinski definition) is 3. The van der Waals surface area contributed by atoms with Gasteiger partial charge in [0.25, 0.3) is 0 Å². The van der Waals surface area contributed by atoms with Gasteiger partial charge in [0.05, 0.1) is 13.0 Å². The lowest BCUT2D eigenvalue weighted by Gasteiger charge is -2.39. The first-order valence-electron chi connectivity index (χ1n) is 7.40. The number of rotatable bonds is 3. The molecule has 0 saturated carbocycles. The normalized spacial score (nSPS) is 19.3. The third-order valence-electron chi connectivity index (χ3n) is 4.42. The Kier molecular flexibility index (Phi) is 4.89. The molecule has 1 aliphatic rings. The minimum atomic E-state index is -4.66. The van der Waals surface area contributed by atoms with E-state index in [2.05, 4.69) is 0 Å². The Morgan fingerprint density at radius 3 is 2.22 bits per heavy atom. The summed E-state index contributed by atoms with van der Waals surface area (Å²) >= 11 is 0. The Morgan fingerprint density at radius 2 is 1.78 bits per heavy atom. The van der Waals surface area contributed by atoms with Crippen molar-refractivity contribution in [1.82, 2.24) is 4.90 Å². The molecule has 1 amide bonds. The maximum absolute atomic E-state index is 12.8. The Labute approximate surface area is 132 Å². The van der Waals surface area contributed by atoms with Gasteiger partial charge in [0, 0.05) is 25.9 Å². The molecule has 1 aromatic rings. The summed E-state index contributed by atoms with van der Waals surface area (Å²) in [5.41, 5.74) is -1.92. The Hall–Kier alpha value is -1.76. The third kappa shape index (κ3) is 3.60. The standard InChI is InChI=1S/C16H20F3NO3/c1-11(12-3-5-13(23-2)6-4-12)14(21)20-9-7-15(22,8-10-20)16(17,18)19/h3-6,11,22H,7-10H2,1-2H3. The molecule has 0 bridgehead atoms. The van der Waals surface area contributed by atoms with E-state index in [9.17, 15) is 23.1 Å². The van der Waals surface area contributed by atoms with E-state index in [0.29, 0.717) is 5.75 Å². The van der Waals surface area contributed by atoms with E-state index in [0.717, 1.165) is 5.56 Å². The molecule has 7 heteroatoms. The average molecular weight is 331 g/mol.